The van der Waals surface area contributed by atoms with Crippen molar-refractivity contribution in [2.45, 2.75) is 19.3 Å². The first-order valence-electron chi connectivity index (χ1n) is 9.34. The second kappa shape index (κ2) is 11.8. The SMILES string of the molecule is Cl.Cl.NC[C@H]1CCC[C@H]1C(=O)N1CCN(CC(=O)Nc2ccccc2Cl)CC1. The lowest BCUT2D eigenvalue weighted by atomic mass is 9.94. The Hall–Kier alpha value is -1.05. The number of hydrogen-bond donors (Lipinski definition) is 2. The Morgan fingerprint density at radius 2 is 1.79 bits per heavy atom. The van der Waals surface area contributed by atoms with E-state index in [1.54, 1.807) is 12.1 Å². The summed E-state index contributed by atoms with van der Waals surface area (Å²) in [7, 11) is 0. The molecular formula is C19H29Cl3N4O2. The smallest absolute Gasteiger partial charge is 0.238 e. The van der Waals surface area contributed by atoms with Gasteiger partial charge in [0.05, 0.1) is 17.3 Å². The third-order valence-corrected chi connectivity index (χ3v) is 5.81. The summed E-state index contributed by atoms with van der Waals surface area (Å²) in [6.45, 7) is 3.67. The first-order chi connectivity index (χ1) is 12.6. The molecule has 2 atom stereocenters. The van der Waals surface area contributed by atoms with Crippen LogP contribution in [0.2, 0.25) is 5.02 Å². The number of hydrogen-bond acceptors (Lipinski definition) is 4. The predicted octanol–water partition coefficient (Wildman–Crippen LogP) is 2.64. The van der Waals surface area contributed by atoms with E-state index >= 15 is 0 Å². The largest absolute Gasteiger partial charge is 0.340 e. The van der Waals surface area contributed by atoms with Crippen molar-refractivity contribution in [2.24, 2.45) is 17.6 Å². The van der Waals surface area contributed by atoms with Crippen molar-refractivity contribution in [3.63, 3.8) is 0 Å². The number of nitrogens with zero attached hydrogens (tertiary/aromatic N) is 2. The number of rotatable bonds is 5. The molecule has 3 N–H and O–H groups in total. The molecule has 1 heterocycles. The number of anilines is 1. The average Bonchev–Trinajstić information content (AvgIpc) is 3.12. The number of carbonyl (C=O) groups excluding carboxylic acids is 2. The summed E-state index contributed by atoms with van der Waals surface area (Å²) in [5.41, 5.74) is 6.44. The monoisotopic (exact) mass is 450 g/mol. The van der Waals surface area contributed by atoms with Crippen LogP contribution in [-0.2, 0) is 9.59 Å². The first kappa shape index (κ1) is 25.0. The molecule has 3 rings (SSSR count). The molecule has 2 aliphatic rings. The van der Waals surface area contributed by atoms with E-state index in [1.165, 1.54) is 0 Å². The fourth-order valence-corrected chi connectivity index (χ4v) is 4.14. The van der Waals surface area contributed by atoms with Crippen LogP contribution in [0, 0.1) is 11.8 Å². The van der Waals surface area contributed by atoms with E-state index < -0.39 is 0 Å². The van der Waals surface area contributed by atoms with Gasteiger partial charge in [-0.3, -0.25) is 14.5 Å². The lowest BCUT2D eigenvalue weighted by Crippen LogP contribution is -2.52. The van der Waals surface area contributed by atoms with E-state index in [2.05, 4.69) is 10.2 Å². The van der Waals surface area contributed by atoms with E-state index in [0.29, 0.717) is 55.9 Å². The van der Waals surface area contributed by atoms with E-state index in [-0.39, 0.29) is 42.5 Å². The van der Waals surface area contributed by atoms with Crippen molar-refractivity contribution in [1.29, 1.82) is 0 Å². The second-order valence-electron chi connectivity index (χ2n) is 7.16. The van der Waals surface area contributed by atoms with Crippen molar-refractivity contribution in [2.75, 3.05) is 44.6 Å². The van der Waals surface area contributed by atoms with Crippen molar-refractivity contribution in [1.82, 2.24) is 9.80 Å². The Morgan fingerprint density at radius 1 is 1.11 bits per heavy atom. The van der Waals surface area contributed by atoms with Gasteiger partial charge in [0.2, 0.25) is 11.8 Å². The Morgan fingerprint density at radius 3 is 2.43 bits per heavy atom. The second-order valence-corrected chi connectivity index (χ2v) is 7.57. The third kappa shape index (κ3) is 6.22. The molecule has 0 bridgehead atoms. The van der Waals surface area contributed by atoms with Gasteiger partial charge >= 0.3 is 0 Å². The lowest BCUT2D eigenvalue weighted by Gasteiger charge is -2.36. The highest BCUT2D eigenvalue weighted by Crippen LogP contribution is 2.32. The number of piperazine rings is 1. The summed E-state index contributed by atoms with van der Waals surface area (Å²) in [5.74, 6) is 0.590. The lowest BCUT2D eigenvalue weighted by molar-refractivity contribution is -0.138. The van der Waals surface area contributed by atoms with Gasteiger partial charge in [-0.15, -0.1) is 24.8 Å². The van der Waals surface area contributed by atoms with E-state index in [9.17, 15) is 9.59 Å². The summed E-state index contributed by atoms with van der Waals surface area (Å²) < 4.78 is 0. The zero-order chi connectivity index (χ0) is 18.5. The Kier molecular flexibility index (Phi) is 10.6. The minimum Gasteiger partial charge on any atom is -0.340 e. The summed E-state index contributed by atoms with van der Waals surface area (Å²) in [6.07, 6.45) is 3.12. The molecule has 1 saturated carbocycles. The highest BCUT2D eigenvalue weighted by Gasteiger charge is 2.35. The van der Waals surface area contributed by atoms with Gasteiger partial charge in [-0.2, -0.15) is 0 Å². The van der Waals surface area contributed by atoms with Crippen LogP contribution in [0.25, 0.3) is 0 Å². The van der Waals surface area contributed by atoms with Crippen LogP contribution in [0.3, 0.4) is 0 Å². The van der Waals surface area contributed by atoms with Gasteiger partial charge < -0.3 is 16.0 Å². The maximum Gasteiger partial charge on any atom is 0.238 e. The van der Waals surface area contributed by atoms with E-state index in [0.717, 1.165) is 19.3 Å². The van der Waals surface area contributed by atoms with E-state index in [1.807, 2.05) is 17.0 Å². The summed E-state index contributed by atoms with van der Waals surface area (Å²) in [6, 6.07) is 7.20. The third-order valence-electron chi connectivity index (χ3n) is 5.48. The van der Waals surface area contributed by atoms with Crippen LogP contribution >= 0.6 is 36.4 Å². The molecular weight excluding hydrogens is 423 g/mol. The van der Waals surface area contributed by atoms with E-state index in [4.69, 9.17) is 17.3 Å². The highest BCUT2D eigenvalue weighted by atomic mass is 35.5. The zero-order valence-electron chi connectivity index (χ0n) is 15.8. The number of nitrogens with one attached hydrogen (secondary N) is 1. The quantitative estimate of drug-likeness (QED) is 0.721. The van der Waals surface area contributed by atoms with Gasteiger partial charge in [-0.1, -0.05) is 30.2 Å². The van der Waals surface area contributed by atoms with Crippen LogP contribution in [0.4, 0.5) is 5.69 Å². The van der Waals surface area contributed by atoms with Crippen LogP contribution in [-0.4, -0.2) is 60.9 Å². The number of para-hydroxylation sites is 1. The number of amides is 2. The van der Waals surface area contributed by atoms with Crippen molar-refractivity contribution in [3.05, 3.63) is 29.3 Å². The molecule has 1 saturated heterocycles. The zero-order valence-corrected chi connectivity index (χ0v) is 18.2. The van der Waals surface area contributed by atoms with Crippen molar-refractivity contribution >= 4 is 53.9 Å². The fraction of sp³-hybridized carbons (Fsp3) is 0.579. The van der Waals surface area contributed by atoms with Crippen LogP contribution < -0.4 is 11.1 Å². The summed E-state index contributed by atoms with van der Waals surface area (Å²) >= 11 is 6.07. The van der Waals surface area contributed by atoms with Crippen molar-refractivity contribution in [3.8, 4) is 0 Å². The van der Waals surface area contributed by atoms with Gasteiger partial charge in [0.15, 0.2) is 0 Å². The normalized spacial score (nSPS) is 22.1. The Labute approximate surface area is 184 Å². The minimum atomic E-state index is -0.0862. The van der Waals surface area contributed by atoms with Gasteiger partial charge in [-0.05, 0) is 37.4 Å². The minimum absolute atomic E-state index is 0. The number of benzene rings is 1. The molecule has 1 aromatic rings. The van der Waals surface area contributed by atoms with Gasteiger partial charge in [0.1, 0.15) is 0 Å². The molecule has 0 radical (unpaired) electrons. The highest BCUT2D eigenvalue weighted by molar-refractivity contribution is 6.33. The van der Waals surface area contributed by atoms with Gasteiger partial charge in [0.25, 0.3) is 0 Å². The maximum atomic E-state index is 12.7. The summed E-state index contributed by atoms with van der Waals surface area (Å²) in [5, 5.41) is 3.37. The standard InChI is InChI=1S/C19H27ClN4O2.2ClH/c20-16-6-1-2-7-17(16)22-18(25)13-23-8-10-24(11-9-23)19(26)15-5-3-4-14(15)12-21;;/h1-2,6-7,14-15H,3-5,8-13,21H2,(H,22,25);2*1H/t14-,15-;;/m1../s1. The fourth-order valence-electron chi connectivity index (χ4n) is 3.96. The number of halogens is 3. The van der Waals surface area contributed by atoms with Crippen LogP contribution in [0.1, 0.15) is 19.3 Å². The summed E-state index contributed by atoms with van der Waals surface area (Å²) in [4.78, 5) is 29.0. The molecule has 2 amide bonds. The molecule has 9 heteroatoms. The molecule has 0 aromatic heterocycles. The molecule has 158 valence electrons. The average molecular weight is 452 g/mol. The topological polar surface area (TPSA) is 78.7 Å². The molecule has 0 spiro atoms. The van der Waals surface area contributed by atoms with Crippen molar-refractivity contribution < 1.29 is 9.59 Å². The maximum absolute atomic E-state index is 12.7. The number of carbonyl (C=O) groups is 2. The molecule has 28 heavy (non-hydrogen) atoms. The molecule has 2 fully saturated rings. The van der Waals surface area contributed by atoms with Crippen LogP contribution in [0.15, 0.2) is 24.3 Å². The van der Waals surface area contributed by atoms with Crippen LogP contribution in [0.5, 0.6) is 0 Å². The first-order valence-corrected chi connectivity index (χ1v) is 9.72. The predicted molar refractivity (Wildman–Crippen MR) is 117 cm³/mol. The Bertz CT molecular complexity index is 654. The van der Waals surface area contributed by atoms with Gasteiger partial charge in [-0.25, -0.2) is 0 Å². The number of nitrogens with two attached hydrogens (primary N) is 1. The Balaban J connectivity index is 0.00000196. The molecule has 1 aromatic carbocycles. The van der Waals surface area contributed by atoms with Gasteiger partial charge in [0, 0.05) is 32.1 Å². The molecule has 1 aliphatic carbocycles. The molecule has 1 aliphatic heterocycles. The molecule has 6 nitrogen and oxygen atoms in total. The molecule has 0 unspecified atom stereocenters.